The van der Waals surface area contributed by atoms with Crippen molar-refractivity contribution in [3.63, 3.8) is 0 Å². The molecule has 0 aromatic heterocycles. The van der Waals surface area contributed by atoms with Gasteiger partial charge in [-0.05, 0) is 30.2 Å². The number of nitro groups is 1. The second-order valence-corrected chi connectivity index (χ2v) is 3.55. The first-order chi connectivity index (χ1) is 8.63. The van der Waals surface area contributed by atoms with E-state index in [1.807, 2.05) is 0 Å². The van der Waals surface area contributed by atoms with Gasteiger partial charge in [0.15, 0.2) is 0 Å². The molecule has 2 N–H and O–H groups in total. The molecule has 0 aliphatic carbocycles. The minimum absolute atomic E-state index is 0.0135. The van der Waals surface area contributed by atoms with Crippen LogP contribution in [-0.4, -0.2) is 29.1 Å². The van der Waals surface area contributed by atoms with Crippen LogP contribution in [0.3, 0.4) is 0 Å². The second kappa shape index (κ2) is 7.18. The monoisotopic (exact) mass is 250 g/mol. The number of non-ortho nitro benzene ring substituents is 1. The zero-order valence-electron chi connectivity index (χ0n) is 9.70. The molecule has 0 spiro atoms. The third-order valence-electron chi connectivity index (χ3n) is 2.17. The lowest BCUT2D eigenvalue weighted by Gasteiger charge is -1.99. The first-order valence-electron chi connectivity index (χ1n) is 5.44. The van der Waals surface area contributed by atoms with Gasteiger partial charge in [0.2, 0.25) is 5.91 Å². The van der Waals surface area contributed by atoms with Crippen molar-refractivity contribution in [2.45, 2.75) is 6.42 Å². The third kappa shape index (κ3) is 4.75. The summed E-state index contributed by atoms with van der Waals surface area (Å²) in [5, 5.41) is 21.6. The fourth-order valence-electron chi connectivity index (χ4n) is 1.23. The summed E-state index contributed by atoms with van der Waals surface area (Å²) < 4.78 is 0. The predicted octanol–water partition coefficient (Wildman–Crippen LogP) is 1.11. The normalized spacial score (nSPS) is 10.5. The second-order valence-electron chi connectivity index (χ2n) is 3.55. The first-order valence-corrected chi connectivity index (χ1v) is 5.44. The summed E-state index contributed by atoms with van der Waals surface area (Å²) in [4.78, 5) is 21.2. The summed E-state index contributed by atoms with van der Waals surface area (Å²) in [7, 11) is 0. The molecule has 0 heterocycles. The van der Waals surface area contributed by atoms with Crippen LogP contribution in [0.15, 0.2) is 30.3 Å². The molecule has 0 atom stereocenters. The van der Waals surface area contributed by atoms with E-state index in [1.54, 1.807) is 18.2 Å². The molecule has 96 valence electrons. The van der Waals surface area contributed by atoms with Gasteiger partial charge in [-0.1, -0.05) is 0 Å². The zero-order valence-corrected chi connectivity index (χ0v) is 9.70. The van der Waals surface area contributed by atoms with E-state index in [9.17, 15) is 14.9 Å². The van der Waals surface area contributed by atoms with Crippen LogP contribution in [0.4, 0.5) is 5.69 Å². The van der Waals surface area contributed by atoms with Crippen LogP contribution in [0.2, 0.25) is 0 Å². The van der Waals surface area contributed by atoms with E-state index in [1.165, 1.54) is 18.2 Å². The highest BCUT2D eigenvalue weighted by atomic mass is 16.6. The number of aliphatic hydroxyl groups excluding tert-OH is 1. The van der Waals surface area contributed by atoms with Crippen molar-refractivity contribution in [1.82, 2.24) is 5.32 Å². The Hall–Kier alpha value is -2.21. The SMILES string of the molecule is O=C(/C=C/c1ccc([N+](=O)[O-])cc1)NCCCO. The van der Waals surface area contributed by atoms with Crippen LogP contribution in [0, 0.1) is 10.1 Å². The Labute approximate surface area is 104 Å². The van der Waals surface area contributed by atoms with Gasteiger partial charge in [-0.2, -0.15) is 0 Å². The summed E-state index contributed by atoms with van der Waals surface area (Å²) in [5.74, 6) is -0.262. The molecule has 6 nitrogen and oxygen atoms in total. The molecule has 0 unspecified atom stereocenters. The summed E-state index contributed by atoms with van der Waals surface area (Å²) in [6.45, 7) is 0.451. The molecule has 0 aliphatic heterocycles. The highest BCUT2D eigenvalue weighted by Crippen LogP contribution is 2.12. The molecule has 18 heavy (non-hydrogen) atoms. The van der Waals surface area contributed by atoms with Gasteiger partial charge >= 0.3 is 0 Å². The summed E-state index contributed by atoms with van der Waals surface area (Å²) in [6, 6.07) is 5.89. The number of benzene rings is 1. The zero-order chi connectivity index (χ0) is 13.4. The van der Waals surface area contributed by atoms with E-state index in [2.05, 4.69) is 5.32 Å². The number of rotatable bonds is 6. The van der Waals surface area contributed by atoms with E-state index in [4.69, 9.17) is 5.11 Å². The van der Waals surface area contributed by atoms with E-state index in [-0.39, 0.29) is 18.2 Å². The van der Waals surface area contributed by atoms with Crippen molar-refractivity contribution < 1.29 is 14.8 Å². The maximum atomic E-state index is 11.3. The molecule has 1 aromatic carbocycles. The third-order valence-corrected chi connectivity index (χ3v) is 2.17. The van der Waals surface area contributed by atoms with E-state index >= 15 is 0 Å². The summed E-state index contributed by atoms with van der Waals surface area (Å²) >= 11 is 0. The highest BCUT2D eigenvalue weighted by Gasteiger charge is 2.02. The smallest absolute Gasteiger partial charge is 0.269 e. The fourth-order valence-corrected chi connectivity index (χ4v) is 1.23. The van der Waals surface area contributed by atoms with Gasteiger partial charge in [0.05, 0.1) is 4.92 Å². The number of nitro benzene ring substituents is 1. The number of hydrogen-bond acceptors (Lipinski definition) is 4. The van der Waals surface area contributed by atoms with Crippen molar-refractivity contribution in [2.24, 2.45) is 0 Å². The van der Waals surface area contributed by atoms with Crippen LogP contribution in [-0.2, 0) is 4.79 Å². The maximum Gasteiger partial charge on any atom is 0.269 e. The minimum atomic E-state index is -0.477. The largest absolute Gasteiger partial charge is 0.396 e. The van der Waals surface area contributed by atoms with Gasteiger partial charge in [0, 0.05) is 31.4 Å². The first kappa shape index (κ1) is 13.9. The molecule has 0 bridgehead atoms. The molecule has 1 amide bonds. The van der Waals surface area contributed by atoms with Gasteiger partial charge in [-0.15, -0.1) is 0 Å². The fraction of sp³-hybridized carbons (Fsp3) is 0.250. The molecule has 0 aliphatic rings. The molecular formula is C12H14N2O4. The van der Waals surface area contributed by atoms with Gasteiger partial charge in [0.25, 0.3) is 5.69 Å². The molecular weight excluding hydrogens is 236 g/mol. The molecule has 0 radical (unpaired) electrons. The van der Waals surface area contributed by atoms with Gasteiger partial charge < -0.3 is 10.4 Å². The lowest BCUT2D eigenvalue weighted by molar-refractivity contribution is -0.384. The molecule has 0 saturated heterocycles. The topological polar surface area (TPSA) is 92.5 Å². The Balaban J connectivity index is 2.51. The number of nitrogens with zero attached hydrogens (tertiary/aromatic N) is 1. The lowest BCUT2D eigenvalue weighted by Crippen LogP contribution is -2.22. The number of carbonyl (C=O) groups is 1. The van der Waals surface area contributed by atoms with E-state index in [0.717, 1.165) is 0 Å². The Kier molecular flexibility index (Phi) is 5.53. The Morgan fingerprint density at radius 1 is 1.39 bits per heavy atom. The van der Waals surface area contributed by atoms with Gasteiger partial charge in [0.1, 0.15) is 0 Å². The van der Waals surface area contributed by atoms with Crippen molar-refractivity contribution in [2.75, 3.05) is 13.2 Å². The quantitative estimate of drug-likeness (QED) is 0.342. The maximum absolute atomic E-state index is 11.3. The van der Waals surface area contributed by atoms with Crippen LogP contribution < -0.4 is 5.32 Å². The van der Waals surface area contributed by atoms with Crippen molar-refractivity contribution >= 4 is 17.7 Å². The van der Waals surface area contributed by atoms with Crippen molar-refractivity contribution in [3.05, 3.63) is 46.0 Å². The number of aliphatic hydroxyl groups is 1. The predicted molar refractivity (Wildman–Crippen MR) is 66.8 cm³/mol. The van der Waals surface area contributed by atoms with Gasteiger partial charge in [-0.25, -0.2) is 0 Å². The number of carbonyl (C=O) groups excluding carboxylic acids is 1. The van der Waals surface area contributed by atoms with Crippen LogP contribution in [0.5, 0.6) is 0 Å². The Bertz CT molecular complexity index is 440. The molecule has 1 aromatic rings. The number of amides is 1. The molecule has 1 rings (SSSR count). The van der Waals surface area contributed by atoms with Crippen molar-refractivity contribution in [1.29, 1.82) is 0 Å². The minimum Gasteiger partial charge on any atom is -0.396 e. The van der Waals surface area contributed by atoms with Crippen molar-refractivity contribution in [3.8, 4) is 0 Å². The lowest BCUT2D eigenvalue weighted by atomic mass is 10.2. The van der Waals surface area contributed by atoms with Crippen LogP contribution in [0.25, 0.3) is 6.08 Å². The highest BCUT2D eigenvalue weighted by molar-refractivity contribution is 5.91. The molecule has 0 saturated carbocycles. The number of hydrogen-bond donors (Lipinski definition) is 2. The Morgan fingerprint density at radius 2 is 2.06 bits per heavy atom. The van der Waals surface area contributed by atoms with Crippen LogP contribution in [0.1, 0.15) is 12.0 Å². The summed E-state index contributed by atoms with van der Waals surface area (Å²) in [5.41, 5.74) is 0.720. The standard InChI is InChI=1S/C12H14N2O4/c15-9-1-8-13-12(16)7-4-10-2-5-11(6-3-10)14(17)18/h2-7,15H,1,8-9H2,(H,13,16)/b7-4+. The number of nitrogens with one attached hydrogen (secondary N) is 1. The molecule has 0 fully saturated rings. The van der Waals surface area contributed by atoms with Gasteiger partial charge in [-0.3, -0.25) is 14.9 Å². The van der Waals surface area contributed by atoms with E-state index < -0.39 is 4.92 Å². The van der Waals surface area contributed by atoms with E-state index in [0.29, 0.717) is 18.5 Å². The van der Waals surface area contributed by atoms with Crippen LogP contribution >= 0.6 is 0 Å². The Morgan fingerprint density at radius 3 is 2.61 bits per heavy atom. The average Bonchev–Trinajstić information content (AvgIpc) is 2.37. The average molecular weight is 250 g/mol. The molecule has 6 heteroatoms. The summed E-state index contributed by atoms with van der Waals surface area (Å²) in [6.07, 6.45) is 3.42.